The lowest BCUT2D eigenvalue weighted by Crippen LogP contribution is -2.44. The van der Waals surface area contributed by atoms with Gasteiger partial charge in [0.1, 0.15) is 0 Å². The number of carbonyl (C=O) groups is 1. The highest BCUT2D eigenvalue weighted by atomic mass is 35.5. The van der Waals surface area contributed by atoms with E-state index in [9.17, 15) is 4.79 Å². The molecule has 2 N–H and O–H groups in total. The lowest BCUT2D eigenvalue weighted by Gasteiger charge is -2.23. The second kappa shape index (κ2) is 8.97. The number of rotatable bonds is 4. The van der Waals surface area contributed by atoms with Gasteiger partial charge < -0.3 is 15.5 Å². The number of carbonyl (C=O) groups excluding carboxylic acids is 1. The van der Waals surface area contributed by atoms with E-state index in [0.29, 0.717) is 12.0 Å². The highest BCUT2D eigenvalue weighted by molar-refractivity contribution is 5.85. The number of likely N-dealkylation sites (tertiary alicyclic amines) is 1. The summed E-state index contributed by atoms with van der Waals surface area (Å²) in [4.78, 5) is 16.1. The van der Waals surface area contributed by atoms with Gasteiger partial charge in [0.2, 0.25) is 5.91 Å². The molecule has 0 aromatic rings. The highest BCUT2D eigenvalue weighted by Gasteiger charge is 2.30. The Bertz CT molecular complexity index is 249. The maximum Gasteiger partial charge on any atom is 0.239 e. The Morgan fingerprint density at radius 2 is 1.94 bits per heavy atom. The van der Waals surface area contributed by atoms with Gasteiger partial charge in [0.05, 0.1) is 6.04 Å². The van der Waals surface area contributed by atoms with Gasteiger partial charge in [-0.1, -0.05) is 13.8 Å². The van der Waals surface area contributed by atoms with Crippen molar-refractivity contribution in [1.29, 1.82) is 0 Å². The van der Waals surface area contributed by atoms with Crippen LogP contribution < -0.4 is 5.73 Å². The molecule has 1 saturated heterocycles. The molecule has 1 heterocycles. The van der Waals surface area contributed by atoms with Gasteiger partial charge in [-0.3, -0.25) is 4.79 Å². The van der Waals surface area contributed by atoms with Crippen LogP contribution in [0.25, 0.3) is 0 Å². The SMILES string of the molecule is CC(C)C[C@H](N)C(=O)N1CCC(N(C)C)C1.Cl.Cl. The zero-order valence-electron chi connectivity index (χ0n) is 11.8. The minimum absolute atomic E-state index is 0. The van der Waals surface area contributed by atoms with Crippen molar-refractivity contribution in [2.45, 2.75) is 38.8 Å². The predicted molar refractivity (Wildman–Crippen MR) is 80.6 cm³/mol. The summed E-state index contributed by atoms with van der Waals surface area (Å²) in [6.07, 6.45) is 1.84. The first-order chi connectivity index (χ1) is 7.41. The predicted octanol–water partition coefficient (Wildman–Crippen LogP) is 1.37. The minimum Gasteiger partial charge on any atom is -0.340 e. The second-order valence-electron chi connectivity index (χ2n) is 5.43. The topological polar surface area (TPSA) is 49.6 Å². The molecule has 0 aliphatic carbocycles. The Kier molecular flexibility index (Phi) is 10.1. The van der Waals surface area contributed by atoms with Crippen LogP contribution in [0.3, 0.4) is 0 Å². The lowest BCUT2D eigenvalue weighted by molar-refractivity contribution is -0.132. The van der Waals surface area contributed by atoms with Gasteiger partial charge in [0, 0.05) is 19.1 Å². The third kappa shape index (κ3) is 5.74. The normalized spacial score (nSPS) is 20.6. The molecule has 2 atom stereocenters. The van der Waals surface area contributed by atoms with E-state index >= 15 is 0 Å². The summed E-state index contributed by atoms with van der Waals surface area (Å²) in [6, 6.07) is 0.177. The molecule has 0 aromatic heterocycles. The number of likely N-dealkylation sites (N-methyl/N-ethyl adjacent to an activating group) is 1. The van der Waals surface area contributed by atoms with E-state index in [1.807, 2.05) is 4.90 Å². The molecule has 18 heavy (non-hydrogen) atoms. The fraction of sp³-hybridized carbons (Fsp3) is 0.917. The molecule has 1 aliphatic heterocycles. The summed E-state index contributed by atoms with van der Waals surface area (Å²) in [5.74, 6) is 0.601. The smallest absolute Gasteiger partial charge is 0.239 e. The van der Waals surface area contributed by atoms with E-state index in [-0.39, 0.29) is 36.8 Å². The number of hydrogen-bond acceptors (Lipinski definition) is 3. The Morgan fingerprint density at radius 1 is 1.39 bits per heavy atom. The standard InChI is InChI=1S/C12H25N3O.2ClH/c1-9(2)7-11(13)12(16)15-6-5-10(8-15)14(3)4;;/h9-11H,5-8,13H2,1-4H3;2*1H/t10?,11-;;/m0../s1. The van der Waals surface area contributed by atoms with Crippen LogP contribution in [0.15, 0.2) is 0 Å². The zero-order valence-corrected chi connectivity index (χ0v) is 13.4. The van der Waals surface area contributed by atoms with E-state index in [4.69, 9.17) is 5.73 Å². The van der Waals surface area contributed by atoms with Crippen LogP contribution in [0.5, 0.6) is 0 Å². The molecule has 0 saturated carbocycles. The molecule has 1 fully saturated rings. The Morgan fingerprint density at radius 3 is 2.33 bits per heavy atom. The summed E-state index contributed by atoms with van der Waals surface area (Å²) < 4.78 is 0. The van der Waals surface area contributed by atoms with E-state index in [1.54, 1.807) is 0 Å². The van der Waals surface area contributed by atoms with E-state index < -0.39 is 0 Å². The van der Waals surface area contributed by atoms with Crippen LogP contribution in [0.4, 0.5) is 0 Å². The van der Waals surface area contributed by atoms with Crippen LogP contribution in [-0.2, 0) is 4.79 Å². The Hall–Kier alpha value is -0.0300. The molecule has 0 radical (unpaired) electrons. The molecule has 0 spiro atoms. The maximum atomic E-state index is 12.0. The largest absolute Gasteiger partial charge is 0.340 e. The van der Waals surface area contributed by atoms with Crippen molar-refractivity contribution in [3.05, 3.63) is 0 Å². The number of nitrogens with zero attached hydrogens (tertiary/aromatic N) is 2. The fourth-order valence-corrected chi connectivity index (χ4v) is 2.21. The van der Waals surface area contributed by atoms with Crippen molar-refractivity contribution < 1.29 is 4.79 Å². The summed E-state index contributed by atoms with van der Waals surface area (Å²) in [6.45, 7) is 5.88. The van der Waals surface area contributed by atoms with Gasteiger partial charge in [0.15, 0.2) is 0 Å². The second-order valence-corrected chi connectivity index (χ2v) is 5.43. The van der Waals surface area contributed by atoms with Crippen molar-refractivity contribution in [3.63, 3.8) is 0 Å². The molecule has 1 rings (SSSR count). The van der Waals surface area contributed by atoms with Gasteiger partial charge in [-0.2, -0.15) is 0 Å². The van der Waals surface area contributed by atoms with Gasteiger partial charge >= 0.3 is 0 Å². The molecule has 1 unspecified atom stereocenters. The average molecular weight is 300 g/mol. The first kappa shape index (κ1) is 20.3. The summed E-state index contributed by atoms with van der Waals surface area (Å²) in [5, 5.41) is 0. The molecular formula is C12H27Cl2N3O. The number of amides is 1. The first-order valence-electron chi connectivity index (χ1n) is 6.12. The highest BCUT2D eigenvalue weighted by Crippen LogP contribution is 2.15. The maximum absolute atomic E-state index is 12.0. The molecule has 6 heteroatoms. The number of nitrogens with two attached hydrogens (primary N) is 1. The average Bonchev–Trinajstić information content (AvgIpc) is 2.64. The quantitative estimate of drug-likeness (QED) is 0.853. The third-order valence-corrected chi connectivity index (χ3v) is 3.25. The zero-order chi connectivity index (χ0) is 12.3. The molecule has 110 valence electrons. The number of halogens is 2. The van der Waals surface area contributed by atoms with E-state index in [0.717, 1.165) is 25.9 Å². The van der Waals surface area contributed by atoms with E-state index in [1.165, 1.54) is 0 Å². The van der Waals surface area contributed by atoms with Crippen LogP contribution in [0, 0.1) is 5.92 Å². The first-order valence-corrected chi connectivity index (χ1v) is 6.12. The van der Waals surface area contributed by atoms with Crippen molar-refractivity contribution >= 4 is 30.7 Å². The molecule has 0 bridgehead atoms. The van der Waals surface area contributed by atoms with Gasteiger partial charge in [-0.05, 0) is 32.9 Å². The third-order valence-electron chi connectivity index (χ3n) is 3.25. The summed E-state index contributed by atoms with van der Waals surface area (Å²) in [5.41, 5.74) is 5.91. The fourth-order valence-electron chi connectivity index (χ4n) is 2.21. The van der Waals surface area contributed by atoms with Crippen LogP contribution in [-0.4, -0.2) is 55.0 Å². The minimum atomic E-state index is -0.319. The lowest BCUT2D eigenvalue weighted by atomic mass is 10.0. The van der Waals surface area contributed by atoms with Crippen molar-refractivity contribution in [2.24, 2.45) is 11.7 Å². The van der Waals surface area contributed by atoms with Gasteiger partial charge in [-0.15, -0.1) is 24.8 Å². The summed E-state index contributed by atoms with van der Waals surface area (Å²) >= 11 is 0. The summed E-state index contributed by atoms with van der Waals surface area (Å²) in [7, 11) is 4.12. The Balaban J connectivity index is 0. The monoisotopic (exact) mass is 299 g/mol. The molecule has 1 amide bonds. The van der Waals surface area contributed by atoms with Crippen LogP contribution in [0.1, 0.15) is 26.7 Å². The Labute approximate surface area is 123 Å². The van der Waals surface area contributed by atoms with Crippen LogP contribution >= 0.6 is 24.8 Å². The van der Waals surface area contributed by atoms with Crippen molar-refractivity contribution in [2.75, 3.05) is 27.2 Å². The van der Waals surface area contributed by atoms with Crippen LogP contribution in [0.2, 0.25) is 0 Å². The van der Waals surface area contributed by atoms with Gasteiger partial charge in [-0.25, -0.2) is 0 Å². The van der Waals surface area contributed by atoms with Crippen molar-refractivity contribution in [1.82, 2.24) is 9.80 Å². The molecule has 0 aromatic carbocycles. The molecule has 1 aliphatic rings. The molecule has 4 nitrogen and oxygen atoms in total. The van der Waals surface area contributed by atoms with Gasteiger partial charge in [0.25, 0.3) is 0 Å². The number of hydrogen-bond donors (Lipinski definition) is 1. The molecular weight excluding hydrogens is 273 g/mol. The van der Waals surface area contributed by atoms with E-state index in [2.05, 4.69) is 32.8 Å². The van der Waals surface area contributed by atoms with Crippen molar-refractivity contribution in [3.8, 4) is 0 Å².